The summed E-state index contributed by atoms with van der Waals surface area (Å²) in [4.78, 5) is 12.2. The van der Waals surface area contributed by atoms with Gasteiger partial charge in [0.1, 0.15) is 0 Å². The normalized spacial score (nSPS) is 12.1. The molecule has 5 nitrogen and oxygen atoms in total. The fourth-order valence-electron chi connectivity index (χ4n) is 1.28. The van der Waals surface area contributed by atoms with Crippen molar-refractivity contribution in [1.82, 2.24) is 9.59 Å². The summed E-state index contributed by atoms with van der Waals surface area (Å²) in [6.07, 6.45) is 0. The van der Waals surface area contributed by atoms with E-state index in [1.165, 1.54) is 0 Å². The number of carbonyl (C=O) groups is 1. The van der Waals surface area contributed by atoms with E-state index in [0.717, 1.165) is 11.5 Å². The molecule has 0 saturated carbocycles. The Hall–Kier alpha value is -1.60. The topological polar surface area (TPSA) is 69.2 Å². The molecule has 1 aromatic heterocycles. The van der Waals surface area contributed by atoms with E-state index in [1.54, 1.807) is 31.2 Å². The molecule has 0 aliphatic heterocycles. The van der Waals surface area contributed by atoms with E-state index in [4.69, 9.17) is 4.74 Å². The summed E-state index contributed by atoms with van der Waals surface area (Å²) in [5, 5.41) is 3.68. The first-order chi connectivity index (χ1) is 8.74. The molecule has 1 heterocycles. The summed E-state index contributed by atoms with van der Waals surface area (Å²) >= 11 is 0.945. The lowest BCUT2D eigenvalue weighted by atomic mass is 10.4. The quantitative estimate of drug-likeness (QED) is 0.801. The largest absolute Gasteiger partial charge is 0.461 e. The first-order valence-electron chi connectivity index (χ1n) is 5.20. The summed E-state index contributed by atoms with van der Waals surface area (Å²) in [5.74, 6) is -0.592. The van der Waals surface area contributed by atoms with Crippen molar-refractivity contribution in [2.75, 3.05) is 6.61 Å². The van der Waals surface area contributed by atoms with Crippen LogP contribution in [0.1, 0.15) is 17.4 Å². The van der Waals surface area contributed by atoms with Crippen LogP contribution in [0.4, 0.5) is 0 Å². The molecule has 1 aromatic carbocycles. The Bertz CT molecular complexity index is 569. The van der Waals surface area contributed by atoms with Crippen molar-refractivity contribution in [2.45, 2.75) is 16.0 Å². The maximum absolute atomic E-state index is 12.3. The molecule has 0 N–H and O–H groups in total. The third kappa shape index (κ3) is 2.62. The van der Waals surface area contributed by atoms with Crippen LogP contribution in [-0.2, 0) is 15.5 Å². The van der Waals surface area contributed by atoms with E-state index >= 15 is 0 Å². The first-order valence-corrected chi connectivity index (χ1v) is 7.12. The Labute approximate surface area is 110 Å². The van der Waals surface area contributed by atoms with Crippen LogP contribution in [0.25, 0.3) is 0 Å². The highest BCUT2D eigenvalue weighted by Crippen LogP contribution is 2.22. The van der Waals surface area contributed by atoms with E-state index in [-0.39, 0.29) is 12.3 Å². The van der Waals surface area contributed by atoms with Gasteiger partial charge in [-0.3, -0.25) is 0 Å². The zero-order valence-corrected chi connectivity index (χ0v) is 11.2. The second-order valence-corrected chi connectivity index (χ2v) is 5.64. The van der Waals surface area contributed by atoms with Crippen LogP contribution in [0.2, 0.25) is 0 Å². The molecule has 18 heavy (non-hydrogen) atoms. The van der Waals surface area contributed by atoms with Crippen molar-refractivity contribution in [2.24, 2.45) is 0 Å². The number of ether oxygens (including phenoxy) is 1. The average molecular weight is 282 g/mol. The maximum atomic E-state index is 12.3. The van der Waals surface area contributed by atoms with Gasteiger partial charge in [0.15, 0.2) is 9.90 Å². The molecule has 0 bridgehead atoms. The predicted molar refractivity (Wildman–Crippen MR) is 67.0 cm³/mol. The van der Waals surface area contributed by atoms with Crippen LogP contribution in [-0.4, -0.2) is 26.4 Å². The molecule has 0 saturated heterocycles. The number of aromatic nitrogens is 2. The van der Waals surface area contributed by atoms with Gasteiger partial charge >= 0.3 is 5.97 Å². The standard InChI is InChI=1S/C11H10N2O3S2/c1-2-16-10(14)9-11(17-13-12-9)18(15)8-6-4-3-5-7-8/h3-7H,2H2,1H3/t18-/m1/s1. The Morgan fingerprint density at radius 2 is 2.11 bits per heavy atom. The fraction of sp³-hybridized carbons (Fsp3) is 0.182. The van der Waals surface area contributed by atoms with Crippen molar-refractivity contribution in [3.05, 3.63) is 36.0 Å². The molecule has 0 aliphatic rings. The number of hydrogen-bond donors (Lipinski definition) is 0. The van der Waals surface area contributed by atoms with E-state index in [9.17, 15) is 9.00 Å². The third-order valence-corrected chi connectivity index (χ3v) is 4.48. The van der Waals surface area contributed by atoms with Gasteiger partial charge in [-0.2, -0.15) is 0 Å². The van der Waals surface area contributed by atoms with Gasteiger partial charge in [-0.15, -0.1) is 5.10 Å². The van der Waals surface area contributed by atoms with Crippen LogP contribution in [0, 0.1) is 0 Å². The Balaban J connectivity index is 2.32. The number of hydrogen-bond acceptors (Lipinski definition) is 6. The molecule has 0 spiro atoms. The summed E-state index contributed by atoms with van der Waals surface area (Å²) < 4.78 is 21.1. The van der Waals surface area contributed by atoms with Gasteiger partial charge in [0.25, 0.3) is 0 Å². The van der Waals surface area contributed by atoms with Gasteiger partial charge < -0.3 is 4.74 Å². The summed E-state index contributed by atoms with van der Waals surface area (Å²) in [7, 11) is -1.46. The Morgan fingerprint density at radius 1 is 1.39 bits per heavy atom. The minimum Gasteiger partial charge on any atom is -0.461 e. The lowest BCUT2D eigenvalue weighted by molar-refractivity contribution is 0.0515. The van der Waals surface area contributed by atoms with Gasteiger partial charge in [-0.05, 0) is 30.6 Å². The number of rotatable bonds is 4. The van der Waals surface area contributed by atoms with Crippen molar-refractivity contribution in [3.63, 3.8) is 0 Å². The highest BCUT2D eigenvalue weighted by Gasteiger charge is 2.23. The van der Waals surface area contributed by atoms with Crippen molar-refractivity contribution < 1.29 is 13.7 Å². The van der Waals surface area contributed by atoms with Gasteiger partial charge in [0, 0.05) is 4.90 Å². The van der Waals surface area contributed by atoms with Crippen LogP contribution in [0.15, 0.2) is 39.4 Å². The smallest absolute Gasteiger partial charge is 0.361 e. The molecule has 1 atom stereocenters. The number of benzene rings is 1. The summed E-state index contributed by atoms with van der Waals surface area (Å²) in [6, 6.07) is 8.85. The maximum Gasteiger partial charge on any atom is 0.361 e. The highest BCUT2D eigenvalue weighted by molar-refractivity contribution is 7.87. The van der Waals surface area contributed by atoms with E-state index in [1.807, 2.05) is 6.07 Å². The second-order valence-electron chi connectivity index (χ2n) is 3.21. The second kappa shape index (κ2) is 5.83. The molecule has 0 amide bonds. The lowest BCUT2D eigenvalue weighted by Crippen LogP contribution is -2.08. The third-order valence-electron chi connectivity index (χ3n) is 2.05. The minimum absolute atomic E-state index is 0.0315. The molecule has 0 radical (unpaired) electrons. The van der Waals surface area contributed by atoms with E-state index in [0.29, 0.717) is 9.10 Å². The SMILES string of the molecule is CCOC(=O)c1nnsc1[S@](=O)c1ccccc1. The van der Waals surface area contributed by atoms with Crippen LogP contribution >= 0.6 is 11.5 Å². The Morgan fingerprint density at radius 3 is 2.78 bits per heavy atom. The zero-order valence-electron chi connectivity index (χ0n) is 9.53. The number of esters is 1. The van der Waals surface area contributed by atoms with Crippen LogP contribution < -0.4 is 0 Å². The fourth-order valence-corrected chi connectivity index (χ4v) is 3.26. The van der Waals surface area contributed by atoms with Crippen LogP contribution in [0.5, 0.6) is 0 Å². The molecule has 0 unspecified atom stereocenters. The predicted octanol–water partition coefficient (Wildman–Crippen LogP) is 1.88. The molecular formula is C11H10N2O3S2. The number of carbonyl (C=O) groups excluding carboxylic acids is 1. The van der Waals surface area contributed by atoms with Gasteiger partial charge in [-0.25, -0.2) is 9.00 Å². The van der Waals surface area contributed by atoms with Crippen LogP contribution in [0.3, 0.4) is 0 Å². The molecule has 0 aliphatic carbocycles. The van der Waals surface area contributed by atoms with Gasteiger partial charge in [0.2, 0.25) is 0 Å². The van der Waals surface area contributed by atoms with Crippen molar-refractivity contribution in [1.29, 1.82) is 0 Å². The molecule has 94 valence electrons. The number of nitrogens with zero attached hydrogens (tertiary/aromatic N) is 2. The Kier molecular flexibility index (Phi) is 4.16. The molecular weight excluding hydrogens is 272 g/mol. The average Bonchev–Trinajstić information content (AvgIpc) is 2.88. The summed E-state index contributed by atoms with van der Waals surface area (Å²) in [5.41, 5.74) is 0.0315. The van der Waals surface area contributed by atoms with E-state index in [2.05, 4.69) is 9.59 Å². The first kappa shape index (κ1) is 12.8. The molecule has 0 fully saturated rings. The zero-order chi connectivity index (χ0) is 13.0. The van der Waals surface area contributed by atoms with Crippen molar-refractivity contribution in [3.8, 4) is 0 Å². The minimum atomic E-state index is -1.46. The van der Waals surface area contributed by atoms with Gasteiger partial charge in [0.05, 0.1) is 17.4 Å². The molecule has 7 heteroatoms. The van der Waals surface area contributed by atoms with Gasteiger partial charge in [-0.1, -0.05) is 22.7 Å². The molecule has 2 rings (SSSR count). The lowest BCUT2D eigenvalue weighted by Gasteiger charge is -2.01. The monoisotopic (exact) mass is 282 g/mol. The van der Waals surface area contributed by atoms with Crippen molar-refractivity contribution >= 4 is 28.3 Å². The van der Waals surface area contributed by atoms with E-state index < -0.39 is 16.8 Å². The molecule has 2 aromatic rings. The summed E-state index contributed by atoms with van der Waals surface area (Å²) in [6.45, 7) is 1.94. The highest BCUT2D eigenvalue weighted by atomic mass is 32.2.